The molecule has 21 heavy (non-hydrogen) atoms. The van der Waals surface area contributed by atoms with Crippen LogP contribution in [0.25, 0.3) is 0 Å². The third kappa shape index (κ3) is 4.00. The minimum Gasteiger partial charge on any atom is -0.316 e. The molecule has 2 saturated heterocycles. The molecule has 2 fully saturated rings. The van der Waals surface area contributed by atoms with Crippen LogP contribution >= 0.6 is 12.4 Å². The molecule has 2 aliphatic rings. The molecule has 0 spiro atoms. The first-order chi connectivity index (χ1) is 9.66. The van der Waals surface area contributed by atoms with Crippen LogP contribution in [0.5, 0.6) is 0 Å². The highest BCUT2D eigenvalue weighted by Crippen LogP contribution is 2.34. The smallest absolute Gasteiger partial charge is 0.00481 e. The van der Waals surface area contributed by atoms with Gasteiger partial charge in [0.15, 0.2) is 0 Å². The maximum atomic E-state index is 3.52. The Balaban J connectivity index is 0.00000161. The number of piperidine rings is 1. The van der Waals surface area contributed by atoms with Crippen molar-refractivity contribution in [2.24, 2.45) is 11.3 Å². The molecule has 2 aliphatic heterocycles. The van der Waals surface area contributed by atoms with E-state index in [2.05, 4.69) is 54.4 Å². The van der Waals surface area contributed by atoms with E-state index in [1.807, 2.05) is 0 Å². The summed E-state index contributed by atoms with van der Waals surface area (Å²) < 4.78 is 0. The molecule has 1 aromatic carbocycles. The van der Waals surface area contributed by atoms with Gasteiger partial charge in [-0.2, -0.15) is 0 Å². The number of nitrogens with zero attached hydrogens (tertiary/aromatic N) is 1. The predicted octanol–water partition coefficient (Wildman–Crippen LogP) is 3.53. The van der Waals surface area contributed by atoms with Gasteiger partial charge >= 0.3 is 0 Å². The zero-order valence-electron chi connectivity index (χ0n) is 13.3. The number of likely N-dealkylation sites (tertiary alicyclic amines) is 1. The average Bonchev–Trinajstić information content (AvgIpc) is 2.86. The van der Waals surface area contributed by atoms with Crippen molar-refractivity contribution in [3.63, 3.8) is 0 Å². The van der Waals surface area contributed by atoms with Crippen molar-refractivity contribution in [1.82, 2.24) is 10.2 Å². The molecular formula is C18H29ClN2. The van der Waals surface area contributed by atoms with E-state index in [1.54, 1.807) is 0 Å². The topological polar surface area (TPSA) is 15.3 Å². The summed E-state index contributed by atoms with van der Waals surface area (Å²) in [5, 5.41) is 3.52. The molecule has 1 N–H and O–H groups in total. The van der Waals surface area contributed by atoms with E-state index in [1.165, 1.54) is 51.1 Å². The molecule has 2 nitrogen and oxygen atoms in total. The summed E-state index contributed by atoms with van der Waals surface area (Å²) >= 11 is 0. The van der Waals surface area contributed by atoms with Gasteiger partial charge in [-0.15, -0.1) is 12.4 Å². The largest absolute Gasteiger partial charge is 0.316 e. The van der Waals surface area contributed by atoms with Crippen LogP contribution in [0.3, 0.4) is 0 Å². The van der Waals surface area contributed by atoms with Gasteiger partial charge in [0.1, 0.15) is 0 Å². The highest BCUT2D eigenvalue weighted by molar-refractivity contribution is 5.85. The number of rotatable bonds is 3. The lowest BCUT2D eigenvalue weighted by Crippen LogP contribution is -2.44. The summed E-state index contributed by atoms with van der Waals surface area (Å²) in [6.45, 7) is 11.1. The van der Waals surface area contributed by atoms with E-state index in [0.717, 1.165) is 11.8 Å². The van der Waals surface area contributed by atoms with Crippen molar-refractivity contribution >= 4 is 12.4 Å². The molecule has 0 amide bonds. The number of benzene rings is 1. The zero-order chi connectivity index (χ0) is 14.0. The Morgan fingerprint density at radius 1 is 1.29 bits per heavy atom. The van der Waals surface area contributed by atoms with Gasteiger partial charge in [-0.3, -0.25) is 0 Å². The number of hydrogen-bond donors (Lipinski definition) is 1. The second-order valence-electron chi connectivity index (χ2n) is 7.26. The number of hydrogen-bond acceptors (Lipinski definition) is 2. The van der Waals surface area contributed by atoms with Gasteiger partial charge in [-0.05, 0) is 48.7 Å². The van der Waals surface area contributed by atoms with E-state index in [-0.39, 0.29) is 12.4 Å². The third-order valence-electron chi connectivity index (χ3n) is 5.28. The fourth-order valence-electron chi connectivity index (χ4n) is 4.11. The molecule has 0 aliphatic carbocycles. The van der Waals surface area contributed by atoms with Crippen molar-refractivity contribution < 1.29 is 0 Å². The van der Waals surface area contributed by atoms with E-state index < -0.39 is 0 Å². The van der Waals surface area contributed by atoms with Gasteiger partial charge in [0.05, 0.1) is 0 Å². The highest BCUT2D eigenvalue weighted by Gasteiger charge is 2.34. The first-order valence-electron chi connectivity index (χ1n) is 8.14. The summed E-state index contributed by atoms with van der Waals surface area (Å²) in [5.74, 6) is 1.52. The molecule has 0 saturated carbocycles. The highest BCUT2D eigenvalue weighted by atomic mass is 35.5. The molecule has 3 rings (SSSR count). The zero-order valence-corrected chi connectivity index (χ0v) is 14.2. The van der Waals surface area contributed by atoms with Crippen molar-refractivity contribution in [2.45, 2.75) is 32.6 Å². The van der Waals surface area contributed by atoms with Crippen LogP contribution in [-0.4, -0.2) is 37.6 Å². The lowest BCUT2D eigenvalue weighted by Gasteiger charge is -2.40. The van der Waals surface area contributed by atoms with Gasteiger partial charge < -0.3 is 10.2 Å². The second-order valence-corrected chi connectivity index (χ2v) is 7.26. The normalized spacial score (nSPS) is 33.6. The second kappa shape index (κ2) is 7.13. The van der Waals surface area contributed by atoms with Gasteiger partial charge in [-0.1, -0.05) is 44.2 Å². The molecule has 2 heterocycles. The fourth-order valence-corrected chi connectivity index (χ4v) is 4.11. The summed E-state index contributed by atoms with van der Waals surface area (Å²) in [6.07, 6.45) is 2.65. The first-order valence-corrected chi connectivity index (χ1v) is 8.14. The molecule has 118 valence electrons. The van der Waals surface area contributed by atoms with Crippen LogP contribution in [0, 0.1) is 11.3 Å². The van der Waals surface area contributed by atoms with E-state index in [4.69, 9.17) is 0 Å². The molecule has 0 radical (unpaired) electrons. The fraction of sp³-hybridized carbons (Fsp3) is 0.667. The molecule has 3 unspecified atom stereocenters. The van der Waals surface area contributed by atoms with Gasteiger partial charge in [0.25, 0.3) is 0 Å². The molecule has 0 aromatic heterocycles. The van der Waals surface area contributed by atoms with Crippen LogP contribution in [0.15, 0.2) is 30.3 Å². The summed E-state index contributed by atoms with van der Waals surface area (Å²) in [5.41, 5.74) is 2.03. The molecule has 1 aromatic rings. The van der Waals surface area contributed by atoms with E-state index >= 15 is 0 Å². The lowest BCUT2D eigenvalue weighted by atomic mass is 9.80. The van der Waals surface area contributed by atoms with Gasteiger partial charge in [-0.25, -0.2) is 0 Å². The number of halogens is 1. The predicted molar refractivity (Wildman–Crippen MR) is 92.2 cm³/mol. The summed E-state index contributed by atoms with van der Waals surface area (Å²) in [4.78, 5) is 2.71. The van der Waals surface area contributed by atoms with Crippen LogP contribution < -0.4 is 5.32 Å². The Hall–Kier alpha value is -0.570. The van der Waals surface area contributed by atoms with Crippen molar-refractivity contribution in [3.8, 4) is 0 Å². The minimum atomic E-state index is 0. The number of nitrogens with one attached hydrogen (secondary N) is 1. The SMILES string of the molecule is CC1CN(CC2(C)CCNC2)CCC1c1ccccc1.Cl. The van der Waals surface area contributed by atoms with Crippen molar-refractivity contribution in [3.05, 3.63) is 35.9 Å². The van der Waals surface area contributed by atoms with Crippen molar-refractivity contribution in [1.29, 1.82) is 0 Å². The Morgan fingerprint density at radius 3 is 2.67 bits per heavy atom. The lowest BCUT2D eigenvalue weighted by molar-refractivity contribution is 0.113. The Bertz CT molecular complexity index is 428. The molecule has 3 heteroatoms. The van der Waals surface area contributed by atoms with Crippen molar-refractivity contribution in [2.75, 3.05) is 32.7 Å². The van der Waals surface area contributed by atoms with Crippen LogP contribution in [0.4, 0.5) is 0 Å². The Morgan fingerprint density at radius 2 is 2.05 bits per heavy atom. The average molecular weight is 309 g/mol. The van der Waals surface area contributed by atoms with E-state index in [9.17, 15) is 0 Å². The Kier molecular flexibility index (Phi) is 5.70. The van der Waals surface area contributed by atoms with Gasteiger partial charge in [0, 0.05) is 19.6 Å². The van der Waals surface area contributed by atoms with Crippen LogP contribution in [0.1, 0.15) is 38.2 Å². The van der Waals surface area contributed by atoms with E-state index in [0.29, 0.717) is 5.41 Å². The first kappa shape index (κ1) is 16.8. The maximum Gasteiger partial charge on any atom is 0.00481 e. The molecular weight excluding hydrogens is 280 g/mol. The molecule has 0 bridgehead atoms. The summed E-state index contributed by atoms with van der Waals surface area (Å²) in [7, 11) is 0. The standard InChI is InChI=1S/C18H28N2.ClH/c1-15-12-20(14-18(2)9-10-19-13-18)11-8-17(15)16-6-4-3-5-7-16;/h3-7,15,17,19H,8-14H2,1-2H3;1H. The monoisotopic (exact) mass is 308 g/mol. The quantitative estimate of drug-likeness (QED) is 0.919. The Labute approximate surface area is 135 Å². The van der Waals surface area contributed by atoms with Crippen LogP contribution in [0.2, 0.25) is 0 Å². The van der Waals surface area contributed by atoms with Crippen LogP contribution in [-0.2, 0) is 0 Å². The summed E-state index contributed by atoms with van der Waals surface area (Å²) in [6, 6.07) is 11.1. The third-order valence-corrected chi connectivity index (χ3v) is 5.28. The maximum absolute atomic E-state index is 3.52. The minimum absolute atomic E-state index is 0. The van der Waals surface area contributed by atoms with Gasteiger partial charge in [0.2, 0.25) is 0 Å². The molecule has 3 atom stereocenters.